The van der Waals surface area contributed by atoms with Gasteiger partial charge in [0.25, 0.3) is 5.91 Å². The summed E-state index contributed by atoms with van der Waals surface area (Å²) in [6, 6.07) is 11.5. The van der Waals surface area contributed by atoms with Gasteiger partial charge in [-0.25, -0.2) is 4.98 Å². The van der Waals surface area contributed by atoms with Gasteiger partial charge in [-0.2, -0.15) is 0 Å². The van der Waals surface area contributed by atoms with Crippen molar-refractivity contribution in [1.29, 1.82) is 0 Å². The number of anilines is 1. The lowest BCUT2D eigenvalue weighted by atomic mass is 10.1. The SMILES string of the molecule is NCCCn1cnc2cc(C(=O)Nc3nnc(-c4ccc5c(c4)OCC5)s3)ccc21. The Balaban J connectivity index is 1.32. The van der Waals surface area contributed by atoms with Crippen molar-refractivity contribution in [1.82, 2.24) is 19.7 Å². The number of carbonyl (C=O) groups is 1. The standard InChI is InChI=1S/C21H20N6O2S/c22-7-1-8-27-12-23-16-10-14(4-5-17(16)27)19(28)24-21-26-25-20(30-21)15-3-2-13-6-9-29-18(13)11-15/h2-5,10-12H,1,6-9,22H2,(H,24,26,28). The number of nitrogens with two attached hydrogens (primary N) is 1. The van der Waals surface area contributed by atoms with Crippen molar-refractivity contribution in [2.45, 2.75) is 19.4 Å². The number of ether oxygens (including phenoxy) is 1. The monoisotopic (exact) mass is 420 g/mol. The van der Waals surface area contributed by atoms with E-state index in [1.54, 1.807) is 18.5 Å². The van der Waals surface area contributed by atoms with Crippen LogP contribution in [0.1, 0.15) is 22.3 Å². The molecule has 0 saturated carbocycles. The number of hydrogen-bond acceptors (Lipinski definition) is 7. The van der Waals surface area contributed by atoms with E-state index >= 15 is 0 Å². The van der Waals surface area contributed by atoms with E-state index < -0.39 is 0 Å². The summed E-state index contributed by atoms with van der Waals surface area (Å²) in [6.07, 6.45) is 3.59. The van der Waals surface area contributed by atoms with Crippen LogP contribution in [-0.4, -0.2) is 38.8 Å². The van der Waals surface area contributed by atoms with Gasteiger partial charge in [-0.3, -0.25) is 10.1 Å². The number of nitrogens with one attached hydrogen (secondary N) is 1. The van der Waals surface area contributed by atoms with Crippen molar-refractivity contribution < 1.29 is 9.53 Å². The molecule has 1 aliphatic heterocycles. The Kier molecular flexibility index (Phi) is 4.89. The van der Waals surface area contributed by atoms with Crippen LogP contribution in [0.15, 0.2) is 42.7 Å². The fourth-order valence-corrected chi connectivity index (χ4v) is 4.24. The molecule has 0 unspecified atom stereocenters. The molecule has 30 heavy (non-hydrogen) atoms. The molecule has 1 amide bonds. The predicted molar refractivity (Wildman–Crippen MR) is 116 cm³/mol. The molecule has 2 aromatic carbocycles. The van der Waals surface area contributed by atoms with Crippen LogP contribution in [0.3, 0.4) is 0 Å². The summed E-state index contributed by atoms with van der Waals surface area (Å²) < 4.78 is 7.66. The number of fused-ring (bicyclic) bond motifs is 2. The zero-order chi connectivity index (χ0) is 20.5. The highest BCUT2D eigenvalue weighted by atomic mass is 32.1. The number of benzene rings is 2. The van der Waals surface area contributed by atoms with Gasteiger partial charge in [0.15, 0.2) is 0 Å². The Bertz CT molecular complexity index is 1230. The molecule has 8 nitrogen and oxygen atoms in total. The number of hydrogen-bond donors (Lipinski definition) is 2. The molecule has 4 aromatic rings. The van der Waals surface area contributed by atoms with E-state index in [-0.39, 0.29) is 5.91 Å². The second-order valence-corrected chi connectivity index (χ2v) is 8.05. The van der Waals surface area contributed by atoms with Crippen molar-refractivity contribution in [2.24, 2.45) is 5.73 Å². The Hall–Kier alpha value is -3.30. The Morgan fingerprint density at radius 2 is 2.17 bits per heavy atom. The zero-order valence-electron chi connectivity index (χ0n) is 16.2. The van der Waals surface area contributed by atoms with Gasteiger partial charge in [-0.05, 0) is 42.8 Å². The highest BCUT2D eigenvalue weighted by Crippen LogP contribution is 2.33. The number of rotatable bonds is 6. The second kappa shape index (κ2) is 7.85. The minimum absolute atomic E-state index is 0.242. The van der Waals surface area contributed by atoms with Crippen LogP contribution >= 0.6 is 11.3 Å². The first-order valence-corrected chi connectivity index (χ1v) is 10.6. The smallest absolute Gasteiger partial charge is 0.257 e. The van der Waals surface area contributed by atoms with E-state index in [0.717, 1.165) is 46.7 Å². The molecule has 0 bridgehead atoms. The third-order valence-electron chi connectivity index (χ3n) is 5.07. The molecule has 3 N–H and O–H groups in total. The number of amides is 1. The fourth-order valence-electron chi connectivity index (χ4n) is 3.50. The second-order valence-electron chi connectivity index (χ2n) is 7.07. The molecule has 0 spiro atoms. The summed E-state index contributed by atoms with van der Waals surface area (Å²) in [5.41, 5.74) is 10.0. The van der Waals surface area contributed by atoms with Gasteiger partial charge >= 0.3 is 0 Å². The van der Waals surface area contributed by atoms with Gasteiger partial charge in [0.05, 0.1) is 24.0 Å². The molecule has 1 aliphatic rings. The fraction of sp³-hybridized carbons (Fsp3) is 0.238. The highest BCUT2D eigenvalue weighted by Gasteiger charge is 2.16. The van der Waals surface area contributed by atoms with E-state index in [2.05, 4.69) is 26.6 Å². The lowest BCUT2D eigenvalue weighted by Gasteiger charge is -2.04. The quantitative estimate of drug-likeness (QED) is 0.496. The van der Waals surface area contributed by atoms with Crippen LogP contribution < -0.4 is 15.8 Å². The van der Waals surface area contributed by atoms with Gasteiger partial charge in [0, 0.05) is 24.1 Å². The maximum Gasteiger partial charge on any atom is 0.257 e. The van der Waals surface area contributed by atoms with Crippen LogP contribution in [0.2, 0.25) is 0 Å². The van der Waals surface area contributed by atoms with Crippen LogP contribution in [0.5, 0.6) is 5.75 Å². The van der Waals surface area contributed by atoms with Gasteiger partial charge in [-0.15, -0.1) is 10.2 Å². The summed E-state index contributed by atoms with van der Waals surface area (Å²) in [6.45, 7) is 2.15. The van der Waals surface area contributed by atoms with Crippen molar-refractivity contribution in [3.8, 4) is 16.3 Å². The van der Waals surface area contributed by atoms with Crippen LogP contribution in [0.4, 0.5) is 5.13 Å². The van der Waals surface area contributed by atoms with Crippen molar-refractivity contribution in [3.05, 3.63) is 53.9 Å². The average Bonchev–Trinajstić information content (AvgIpc) is 3.50. The Morgan fingerprint density at radius 1 is 1.23 bits per heavy atom. The minimum atomic E-state index is -0.242. The lowest BCUT2D eigenvalue weighted by Crippen LogP contribution is -2.11. The maximum atomic E-state index is 12.7. The number of nitrogens with zero attached hydrogens (tertiary/aromatic N) is 4. The normalized spacial score (nSPS) is 12.7. The number of aromatic nitrogens is 4. The molecule has 0 fully saturated rings. The molecule has 2 aromatic heterocycles. The number of carbonyl (C=O) groups excluding carboxylic acids is 1. The Labute approximate surface area is 176 Å². The molecule has 0 aliphatic carbocycles. The molecule has 0 atom stereocenters. The summed E-state index contributed by atoms with van der Waals surface area (Å²) >= 11 is 1.33. The van der Waals surface area contributed by atoms with Gasteiger partial charge in [-0.1, -0.05) is 23.5 Å². The van der Waals surface area contributed by atoms with E-state index in [0.29, 0.717) is 23.8 Å². The van der Waals surface area contributed by atoms with Gasteiger partial charge in [0.1, 0.15) is 10.8 Å². The molecule has 3 heterocycles. The minimum Gasteiger partial charge on any atom is -0.493 e. The summed E-state index contributed by atoms with van der Waals surface area (Å²) in [5, 5.41) is 12.3. The van der Waals surface area contributed by atoms with Crippen molar-refractivity contribution in [2.75, 3.05) is 18.5 Å². The molecular formula is C21H20N6O2S. The first kappa shape index (κ1) is 18.7. The first-order chi connectivity index (χ1) is 14.7. The molecule has 5 rings (SSSR count). The van der Waals surface area contributed by atoms with Gasteiger partial charge in [0.2, 0.25) is 5.13 Å². The first-order valence-electron chi connectivity index (χ1n) is 9.77. The van der Waals surface area contributed by atoms with Crippen molar-refractivity contribution in [3.63, 3.8) is 0 Å². The van der Waals surface area contributed by atoms with Crippen LogP contribution in [0.25, 0.3) is 21.6 Å². The summed E-state index contributed by atoms with van der Waals surface area (Å²) in [7, 11) is 0. The van der Waals surface area contributed by atoms with Crippen molar-refractivity contribution >= 4 is 33.4 Å². The van der Waals surface area contributed by atoms with Gasteiger partial charge < -0.3 is 15.0 Å². The van der Waals surface area contributed by atoms with E-state index in [1.807, 2.05) is 22.8 Å². The average molecular weight is 420 g/mol. The summed E-state index contributed by atoms with van der Waals surface area (Å²) in [5.74, 6) is 0.654. The largest absolute Gasteiger partial charge is 0.493 e. The predicted octanol–water partition coefficient (Wildman–Crippen LogP) is 3.09. The molecule has 152 valence electrons. The van der Waals surface area contributed by atoms with Crippen LogP contribution in [-0.2, 0) is 13.0 Å². The topological polar surface area (TPSA) is 108 Å². The Morgan fingerprint density at radius 3 is 3.07 bits per heavy atom. The third-order valence-corrected chi connectivity index (χ3v) is 5.96. The third kappa shape index (κ3) is 3.53. The molecular weight excluding hydrogens is 400 g/mol. The zero-order valence-corrected chi connectivity index (χ0v) is 17.0. The van der Waals surface area contributed by atoms with Crippen LogP contribution in [0, 0.1) is 0 Å². The van der Waals surface area contributed by atoms with E-state index in [4.69, 9.17) is 10.5 Å². The molecule has 0 saturated heterocycles. The lowest BCUT2D eigenvalue weighted by molar-refractivity contribution is 0.102. The van der Waals surface area contributed by atoms with E-state index in [9.17, 15) is 4.79 Å². The highest BCUT2D eigenvalue weighted by molar-refractivity contribution is 7.18. The maximum absolute atomic E-state index is 12.7. The van der Waals surface area contributed by atoms with E-state index in [1.165, 1.54) is 16.9 Å². The molecule has 9 heteroatoms. The number of aryl methyl sites for hydroxylation is 1. The number of imidazole rings is 1. The molecule has 0 radical (unpaired) electrons. The summed E-state index contributed by atoms with van der Waals surface area (Å²) in [4.78, 5) is 17.1.